The summed E-state index contributed by atoms with van der Waals surface area (Å²) in [5, 5.41) is 9.30. The quantitative estimate of drug-likeness (QED) is 0.632. The predicted octanol–water partition coefficient (Wildman–Crippen LogP) is 3.15. The van der Waals surface area contributed by atoms with Crippen molar-refractivity contribution in [3.05, 3.63) is 43.0 Å². The Morgan fingerprint density at radius 3 is 2.84 bits per heavy atom. The third-order valence-corrected chi connectivity index (χ3v) is 3.57. The summed E-state index contributed by atoms with van der Waals surface area (Å²) in [5.74, 6) is 2.36. The van der Waals surface area contributed by atoms with Crippen LogP contribution in [0.3, 0.4) is 0 Å². The first-order chi connectivity index (χ1) is 9.36. The Kier molecular flexibility index (Phi) is 3.37. The number of nitrogens with zero attached hydrogens (tertiary/aromatic N) is 2. The SMILES string of the molecule is C=CCSc1ccc(-c2ccc3c(c2)OCO3)nn1. The summed E-state index contributed by atoms with van der Waals surface area (Å²) in [6.07, 6.45) is 1.85. The second-order valence-corrected chi connectivity index (χ2v) is 4.96. The average molecular weight is 272 g/mol. The third kappa shape index (κ3) is 2.56. The van der Waals surface area contributed by atoms with E-state index in [1.165, 1.54) is 0 Å². The second-order valence-electron chi connectivity index (χ2n) is 3.92. The van der Waals surface area contributed by atoms with Gasteiger partial charge in [-0.25, -0.2) is 0 Å². The summed E-state index contributed by atoms with van der Waals surface area (Å²) in [5.41, 5.74) is 1.79. The van der Waals surface area contributed by atoms with Crippen molar-refractivity contribution in [2.24, 2.45) is 0 Å². The van der Waals surface area contributed by atoms with Crippen molar-refractivity contribution in [1.82, 2.24) is 10.2 Å². The van der Waals surface area contributed by atoms with Crippen LogP contribution in [0.4, 0.5) is 0 Å². The van der Waals surface area contributed by atoms with Crippen molar-refractivity contribution >= 4 is 11.8 Å². The van der Waals surface area contributed by atoms with Crippen molar-refractivity contribution in [1.29, 1.82) is 0 Å². The van der Waals surface area contributed by atoms with E-state index < -0.39 is 0 Å². The molecule has 3 rings (SSSR count). The van der Waals surface area contributed by atoms with Gasteiger partial charge in [-0.05, 0) is 30.3 Å². The van der Waals surface area contributed by atoms with E-state index in [4.69, 9.17) is 9.47 Å². The summed E-state index contributed by atoms with van der Waals surface area (Å²) in [6, 6.07) is 9.67. The maximum Gasteiger partial charge on any atom is 0.231 e. The van der Waals surface area contributed by atoms with E-state index in [0.717, 1.165) is 33.5 Å². The normalized spacial score (nSPS) is 12.4. The zero-order chi connectivity index (χ0) is 13.1. The Morgan fingerprint density at radius 2 is 2.05 bits per heavy atom. The minimum Gasteiger partial charge on any atom is -0.454 e. The van der Waals surface area contributed by atoms with Crippen LogP contribution in [0.1, 0.15) is 0 Å². The number of hydrogen-bond donors (Lipinski definition) is 0. The molecular weight excluding hydrogens is 260 g/mol. The number of hydrogen-bond acceptors (Lipinski definition) is 5. The Bertz CT molecular complexity index is 599. The minimum atomic E-state index is 0.279. The highest BCUT2D eigenvalue weighted by Gasteiger charge is 2.14. The van der Waals surface area contributed by atoms with E-state index in [9.17, 15) is 0 Å². The molecule has 0 fully saturated rings. The monoisotopic (exact) mass is 272 g/mol. The van der Waals surface area contributed by atoms with Gasteiger partial charge in [0.25, 0.3) is 0 Å². The van der Waals surface area contributed by atoms with Crippen LogP contribution in [0.2, 0.25) is 0 Å². The fourth-order valence-corrected chi connectivity index (χ4v) is 2.30. The summed E-state index contributed by atoms with van der Waals surface area (Å²) in [7, 11) is 0. The van der Waals surface area contributed by atoms with Gasteiger partial charge in [0.15, 0.2) is 11.5 Å². The molecule has 1 aliphatic rings. The molecule has 1 aromatic carbocycles. The lowest BCUT2D eigenvalue weighted by molar-refractivity contribution is 0.174. The molecule has 0 radical (unpaired) electrons. The van der Waals surface area contributed by atoms with E-state index in [-0.39, 0.29) is 6.79 Å². The third-order valence-electron chi connectivity index (χ3n) is 2.66. The minimum absolute atomic E-state index is 0.279. The Labute approximate surface area is 115 Å². The lowest BCUT2D eigenvalue weighted by Crippen LogP contribution is -1.93. The zero-order valence-electron chi connectivity index (χ0n) is 10.2. The van der Waals surface area contributed by atoms with Crippen molar-refractivity contribution in [3.8, 4) is 22.8 Å². The molecule has 2 aromatic rings. The summed E-state index contributed by atoms with van der Waals surface area (Å²) in [4.78, 5) is 0. The zero-order valence-corrected chi connectivity index (χ0v) is 11.0. The van der Waals surface area contributed by atoms with Crippen LogP contribution in [0, 0.1) is 0 Å². The van der Waals surface area contributed by atoms with E-state index in [0.29, 0.717) is 0 Å². The van der Waals surface area contributed by atoms with Gasteiger partial charge in [-0.2, -0.15) is 0 Å². The lowest BCUT2D eigenvalue weighted by atomic mass is 10.1. The van der Waals surface area contributed by atoms with Crippen LogP contribution in [-0.2, 0) is 0 Å². The fourth-order valence-electron chi connectivity index (χ4n) is 1.75. The van der Waals surface area contributed by atoms with Crippen LogP contribution >= 0.6 is 11.8 Å². The molecule has 0 spiro atoms. The summed E-state index contributed by atoms with van der Waals surface area (Å²) < 4.78 is 10.6. The van der Waals surface area contributed by atoms with Gasteiger partial charge in [0.2, 0.25) is 6.79 Å². The maximum absolute atomic E-state index is 5.35. The molecule has 19 heavy (non-hydrogen) atoms. The maximum atomic E-state index is 5.35. The number of aromatic nitrogens is 2. The first-order valence-corrected chi connectivity index (χ1v) is 6.83. The van der Waals surface area contributed by atoms with E-state index in [1.807, 2.05) is 36.4 Å². The highest BCUT2D eigenvalue weighted by Crippen LogP contribution is 2.35. The Balaban J connectivity index is 1.83. The average Bonchev–Trinajstić information content (AvgIpc) is 2.93. The molecule has 0 saturated carbocycles. The van der Waals surface area contributed by atoms with Gasteiger partial charge in [-0.3, -0.25) is 0 Å². The molecule has 4 nitrogen and oxygen atoms in total. The molecule has 0 N–H and O–H groups in total. The standard InChI is InChI=1S/C14H12N2O2S/c1-2-7-19-14-6-4-11(15-16-14)10-3-5-12-13(8-10)18-9-17-12/h2-6,8H,1,7,9H2. The second kappa shape index (κ2) is 5.32. The molecule has 1 aliphatic heterocycles. The van der Waals surface area contributed by atoms with Gasteiger partial charge in [0.05, 0.1) is 5.69 Å². The molecule has 0 amide bonds. The van der Waals surface area contributed by atoms with E-state index in [2.05, 4.69) is 16.8 Å². The van der Waals surface area contributed by atoms with Crippen molar-refractivity contribution in [2.45, 2.75) is 5.03 Å². The van der Waals surface area contributed by atoms with Gasteiger partial charge in [-0.15, -0.1) is 28.5 Å². The van der Waals surface area contributed by atoms with Crippen LogP contribution in [0.15, 0.2) is 48.0 Å². The molecule has 2 heterocycles. The Hall–Kier alpha value is -2.01. The van der Waals surface area contributed by atoms with Gasteiger partial charge in [-0.1, -0.05) is 6.08 Å². The summed E-state index contributed by atoms with van der Waals surface area (Å²) in [6.45, 7) is 3.96. The molecule has 1 aromatic heterocycles. The fraction of sp³-hybridized carbons (Fsp3) is 0.143. The number of fused-ring (bicyclic) bond motifs is 1. The molecule has 0 saturated heterocycles. The molecule has 96 valence electrons. The van der Waals surface area contributed by atoms with E-state index in [1.54, 1.807) is 11.8 Å². The number of benzene rings is 1. The largest absolute Gasteiger partial charge is 0.454 e. The van der Waals surface area contributed by atoms with Crippen molar-refractivity contribution in [2.75, 3.05) is 12.5 Å². The Morgan fingerprint density at radius 1 is 1.16 bits per heavy atom. The molecular formula is C14H12N2O2S. The highest BCUT2D eigenvalue weighted by molar-refractivity contribution is 7.99. The van der Waals surface area contributed by atoms with Gasteiger partial charge in [0, 0.05) is 11.3 Å². The topological polar surface area (TPSA) is 44.2 Å². The smallest absolute Gasteiger partial charge is 0.231 e. The molecule has 5 heteroatoms. The van der Waals surface area contributed by atoms with Gasteiger partial charge in [0.1, 0.15) is 5.03 Å². The number of rotatable bonds is 4. The van der Waals surface area contributed by atoms with Crippen molar-refractivity contribution < 1.29 is 9.47 Å². The molecule has 0 bridgehead atoms. The predicted molar refractivity (Wildman–Crippen MR) is 74.5 cm³/mol. The highest BCUT2D eigenvalue weighted by atomic mass is 32.2. The van der Waals surface area contributed by atoms with Crippen molar-refractivity contribution in [3.63, 3.8) is 0 Å². The summed E-state index contributed by atoms with van der Waals surface area (Å²) >= 11 is 1.61. The number of ether oxygens (including phenoxy) is 2. The first-order valence-electron chi connectivity index (χ1n) is 5.84. The first kappa shape index (κ1) is 12.0. The lowest BCUT2D eigenvalue weighted by Gasteiger charge is -2.03. The van der Waals surface area contributed by atoms with E-state index >= 15 is 0 Å². The van der Waals surface area contributed by atoms with Gasteiger partial charge < -0.3 is 9.47 Å². The molecule has 0 unspecified atom stereocenters. The molecule has 0 atom stereocenters. The van der Waals surface area contributed by atoms with Crippen LogP contribution < -0.4 is 9.47 Å². The molecule has 0 aliphatic carbocycles. The van der Waals surface area contributed by atoms with Crippen LogP contribution in [0.25, 0.3) is 11.3 Å². The number of thioether (sulfide) groups is 1. The van der Waals surface area contributed by atoms with Crippen LogP contribution in [0.5, 0.6) is 11.5 Å². The van der Waals surface area contributed by atoms with Gasteiger partial charge >= 0.3 is 0 Å². The van der Waals surface area contributed by atoms with Crippen LogP contribution in [-0.4, -0.2) is 22.7 Å².